The molecule has 0 fully saturated rings. The molecular weight excluding hydrogens is 334 g/mol. The molecule has 0 aliphatic rings. The molecule has 4 aromatic carbocycles. The molecule has 0 unspecified atom stereocenters. The Morgan fingerprint density at radius 2 is 1.33 bits per heavy atom. The standard InChI is InChI=1S/C24H15NO2/c25-15-20(16-9-11-17(12-10-16)24(26)27)14-23-21-7-3-1-5-18(21)13-19-6-2-4-8-22(19)23/h1-14H,(H,26,27)/b20-14-. The highest BCUT2D eigenvalue weighted by atomic mass is 16.4. The highest BCUT2D eigenvalue weighted by Gasteiger charge is 2.09. The van der Waals surface area contributed by atoms with Gasteiger partial charge < -0.3 is 5.11 Å². The summed E-state index contributed by atoms with van der Waals surface area (Å²) in [6.07, 6.45) is 1.89. The van der Waals surface area contributed by atoms with Gasteiger partial charge in [-0.2, -0.15) is 5.26 Å². The van der Waals surface area contributed by atoms with Crippen LogP contribution in [0.2, 0.25) is 0 Å². The Morgan fingerprint density at radius 1 is 0.815 bits per heavy atom. The summed E-state index contributed by atoms with van der Waals surface area (Å²) in [5, 5.41) is 23.2. The van der Waals surface area contributed by atoms with Gasteiger partial charge in [0.1, 0.15) is 0 Å². The number of carboxylic acids is 1. The molecule has 0 radical (unpaired) electrons. The first-order valence-electron chi connectivity index (χ1n) is 8.53. The predicted molar refractivity (Wildman–Crippen MR) is 108 cm³/mol. The highest BCUT2D eigenvalue weighted by molar-refractivity contribution is 6.10. The molecule has 0 atom stereocenters. The zero-order valence-corrected chi connectivity index (χ0v) is 14.4. The van der Waals surface area contributed by atoms with E-state index in [4.69, 9.17) is 5.11 Å². The maximum Gasteiger partial charge on any atom is 0.335 e. The molecule has 0 aromatic heterocycles. The summed E-state index contributed by atoms with van der Waals surface area (Å²) in [4.78, 5) is 11.1. The number of nitriles is 1. The number of carbonyl (C=O) groups is 1. The first-order valence-corrected chi connectivity index (χ1v) is 8.53. The third-order valence-corrected chi connectivity index (χ3v) is 4.66. The van der Waals surface area contributed by atoms with Gasteiger partial charge in [0, 0.05) is 0 Å². The fourth-order valence-corrected chi connectivity index (χ4v) is 3.32. The van der Waals surface area contributed by atoms with Crippen molar-refractivity contribution in [1.82, 2.24) is 0 Å². The van der Waals surface area contributed by atoms with E-state index < -0.39 is 5.97 Å². The van der Waals surface area contributed by atoms with Crippen molar-refractivity contribution in [2.45, 2.75) is 0 Å². The van der Waals surface area contributed by atoms with Crippen LogP contribution < -0.4 is 0 Å². The molecule has 3 heteroatoms. The molecular formula is C24H15NO2. The van der Waals surface area contributed by atoms with Crippen LogP contribution in [0.3, 0.4) is 0 Å². The maximum absolute atomic E-state index is 11.1. The van der Waals surface area contributed by atoms with E-state index >= 15 is 0 Å². The molecule has 128 valence electrons. The van der Waals surface area contributed by atoms with Crippen molar-refractivity contribution < 1.29 is 9.90 Å². The van der Waals surface area contributed by atoms with Crippen LogP contribution in [-0.2, 0) is 0 Å². The number of hydrogen-bond donors (Lipinski definition) is 1. The number of allylic oxidation sites excluding steroid dienone is 1. The number of nitrogens with zero attached hydrogens (tertiary/aromatic N) is 1. The van der Waals surface area contributed by atoms with Crippen molar-refractivity contribution in [3.63, 3.8) is 0 Å². The highest BCUT2D eigenvalue weighted by Crippen LogP contribution is 2.31. The second kappa shape index (κ2) is 6.78. The summed E-state index contributed by atoms with van der Waals surface area (Å²) in [5.74, 6) is -0.982. The van der Waals surface area contributed by atoms with E-state index in [2.05, 4.69) is 36.4 Å². The van der Waals surface area contributed by atoms with Crippen molar-refractivity contribution in [1.29, 1.82) is 5.26 Å². The summed E-state index contributed by atoms with van der Waals surface area (Å²) < 4.78 is 0. The lowest BCUT2D eigenvalue weighted by molar-refractivity contribution is 0.0697. The maximum atomic E-state index is 11.1. The summed E-state index contributed by atoms with van der Waals surface area (Å²) >= 11 is 0. The number of carboxylic acid groups (broad SMARTS) is 1. The van der Waals surface area contributed by atoms with Crippen LogP contribution in [0.15, 0.2) is 78.9 Å². The minimum absolute atomic E-state index is 0.201. The van der Waals surface area contributed by atoms with E-state index in [1.54, 1.807) is 12.1 Å². The van der Waals surface area contributed by atoms with Crippen molar-refractivity contribution in [3.05, 3.63) is 95.6 Å². The second-order valence-electron chi connectivity index (χ2n) is 6.28. The molecule has 4 rings (SSSR count). The molecule has 0 aliphatic heterocycles. The minimum Gasteiger partial charge on any atom is -0.478 e. The van der Waals surface area contributed by atoms with Gasteiger partial charge in [0.25, 0.3) is 0 Å². The van der Waals surface area contributed by atoms with E-state index in [1.807, 2.05) is 30.3 Å². The van der Waals surface area contributed by atoms with Gasteiger partial charge in [0.2, 0.25) is 0 Å². The van der Waals surface area contributed by atoms with E-state index in [-0.39, 0.29) is 5.56 Å². The number of fused-ring (bicyclic) bond motifs is 2. The number of aromatic carboxylic acids is 1. The lowest BCUT2D eigenvalue weighted by Crippen LogP contribution is -1.95. The number of hydrogen-bond acceptors (Lipinski definition) is 2. The smallest absolute Gasteiger partial charge is 0.335 e. The zero-order chi connectivity index (χ0) is 18.8. The van der Waals surface area contributed by atoms with E-state index in [1.165, 1.54) is 12.1 Å². The van der Waals surface area contributed by atoms with E-state index in [0.717, 1.165) is 27.1 Å². The van der Waals surface area contributed by atoms with Crippen LogP contribution in [-0.4, -0.2) is 11.1 Å². The Bertz CT molecular complexity index is 1190. The quantitative estimate of drug-likeness (QED) is 0.291. The summed E-state index contributed by atoms with van der Waals surface area (Å²) in [6, 6.07) is 27.0. The van der Waals surface area contributed by atoms with Crippen LogP contribution in [0.1, 0.15) is 21.5 Å². The first-order chi connectivity index (χ1) is 13.2. The van der Waals surface area contributed by atoms with Gasteiger partial charge in [-0.05, 0) is 56.9 Å². The second-order valence-corrected chi connectivity index (χ2v) is 6.28. The van der Waals surface area contributed by atoms with Gasteiger partial charge in [-0.15, -0.1) is 0 Å². The van der Waals surface area contributed by atoms with Gasteiger partial charge in [-0.3, -0.25) is 0 Å². The van der Waals surface area contributed by atoms with Gasteiger partial charge in [-0.25, -0.2) is 4.79 Å². The summed E-state index contributed by atoms with van der Waals surface area (Å²) in [7, 11) is 0. The average molecular weight is 349 g/mol. The fourth-order valence-electron chi connectivity index (χ4n) is 3.32. The monoisotopic (exact) mass is 349 g/mol. The Balaban J connectivity index is 1.96. The molecule has 27 heavy (non-hydrogen) atoms. The largest absolute Gasteiger partial charge is 0.478 e. The topological polar surface area (TPSA) is 61.1 Å². The van der Waals surface area contributed by atoms with Crippen LogP contribution >= 0.6 is 0 Å². The van der Waals surface area contributed by atoms with Crippen molar-refractivity contribution in [2.75, 3.05) is 0 Å². The Hall–Kier alpha value is -3.90. The zero-order valence-electron chi connectivity index (χ0n) is 14.4. The van der Waals surface area contributed by atoms with E-state index in [9.17, 15) is 10.1 Å². The fraction of sp³-hybridized carbons (Fsp3) is 0. The van der Waals surface area contributed by atoms with Crippen LogP contribution in [0, 0.1) is 11.3 Å². The van der Waals surface area contributed by atoms with Crippen molar-refractivity contribution >= 4 is 39.2 Å². The molecule has 0 saturated heterocycles. The summed E-state index contributed by atoms with van der Waals surface area (Å²) in [5.41, 5.74) is 2.38. The Labute approximate surface area is 156 Å². The molecule has 1 N–H and O–H groups in total. The number of rotatable bonds is 3. The molecule has 3 nitrogen and oxygen atoms in total. The van der Waals surface area contributed by atoms with Gasteiger partial charge in [0.15, 0.2) is 0 Å². The summed E-state index contributed by atoms with van der Waals surface area (Å²) in [6.45, 7) is 0. The Kier molecular flexibility index (Phi) is 4.16. The average Bonchev–Trinajstić information content (AvgIpc) is 2.71. The Morgan fingerprint density at radius 3 is 1.85 bits per heavy atom. The molecule has 0 aliphatic carbocycles. The molecule has 0 bridgehead atoms. The third-order valence-electron chi connectivity index (χ3n) is 4.66. The molecule has 0 amide bonds. The van der Waals surface area contributed by atoms with Gasteiger partial charge in [0.05, 0.1) is 17.2 Å². The van der Waals surface area contributed by atoms with Gasteiger partial charge >= 0.3 is 5.97 Å². The first kappa shape index (κ1) is 16.6. The molecule has 4 aromatic rings. The van der Waals surface area contributed by atoms with E-state index in [0.29, 0.717) is 11.1 Å². The van der Waals surface area contributed by atoms with Crippen molar-refractivity contribution in [3.8, 4) is 6.07 Å². The predicted octanol–water partition coefficient (Wildman–Crippen LogP) is 5.76. The normalized spacial score (nSPS) is 11.4. The van der Waals surface area contributed by atoms with Crippen LogP contribution in [0.4, 0.5) is 0 Å². The van der Waals surface area contributed by atoms with Crippen LogP contribution in [0.5, 0.6) is 0 Å². The lowest BCUT2D eigenvalue weighted by atomic mass is 9.94. The third kappa shape index (κ3) is 3.05. The number of benzene rings is 4. The molecule has 0 saturated carbocycles. The van der Waals surface area contributed by atoms with Crippen molar-refractivity contribution in [2.24, 2.45) is 0 Å². The minimum atomic E-state index is -0.982. The SMILES string of the molecule is N#C/C(=C/c1c2ccccc2cc2ccccc12)c1ccc(C(=O)O)cc1. The molecule has 0 heterocycles. The lowest BCUT2D eigenvalue weighted by Gasteiger charge is -2.09. The van der Waals surface area contributed by atoms with Crippen LogP contribution in [0.25, 0.3) is 33.2 Å². The molecule has 0 spiro atoms. The van der Waals surface area contributed by atoms with Gasteiger partial charge in [-0.1, -0.05) is 60.7 Å².